The summed E-state index contributed by atoms with van der Waals surface area (Å²) in [6.07, 6.45) is 2.45. The van der Waals surface area contributed by atoms with Crippen molar-refractivity contribution in [1.82, 2.24) is 23.9 Å². The van der Waals surface area contributed by atoms with Crippen molar-refractivity contribution in [1.29, 1.82) is 0 Å². The minimum absolute atomic E-state index is 0.00366. The van der Waals surface area contributed by atoms with Crippen molar-refractivity contribution >= 4 is 15.5 Å². The summed E-state index contributed by atoms with van der Waals surface area (Å²) in [5.41, 5.74) is 0.889. The third-order valence-electron chi connectivity index (χ3n) is 7.10. The molecular weight excluding hydrogens is 528 g/mol. The molecule has 0 spiro atoms. The van der Waals surface area contributed by atoms with E-state index in [0.29, 0.717) is 54.2 Å². The van der Waals surface area contributed by atoms with Gasteiger partial charge in [-0.15, -0.1) is 10.0 Å². The molecule has 0 aliphatic carbocycles. The molecule has 1 fully saturated rings. The Kier molecular flexibility index (Phi) is 8.97. The average molecular weight is 563 g/mol. The zero-order valence-corrected chi connectivity index (χ0v) is 23.1. The summed E-state index contributed by atoms with van der Waals surface area (Å²) in [4.78, 5) is 35.2. The first-order chi connectivity index (χ1) is 18.7. The summed E-state index contributed by atoms with van der Waals surface area (Å²) < 4.78 is 35.9. The van der Waals surface area contributed by atoms with Crippen molar-refractivity contribution in [2.45, 2.75) is 51.3 Å². The van der Waals surface area contributed by atoms with Crippen LogP contribution in [0.2, 0.25) is 0 Å². The van der Waals surface area contributed by atoms with E-state index in [-0.39, 0.29) is 54.4 Å². The SMILES string of the molecule is CCCc1nc(C)c2c(=O)[nH]c(-c3cc(S(=O)(=O)N4CCC(C(CO)CON=O)CC4)ccc3OCC)nn12. The number of fused-ring (bicyclic) bond motifs is 1. The molecule has 1 atom stereocenters. The monoisotopic (exact) mass is 562 g/mol. The van der Waals surface area contributed by atoms with Crippen LogP contribution in [0.25, 0.3) is 16.9 Å². The number of rotatable bonds is 12. The van der Waals surface area contributed by atoms with E-state index in [4.69, 9.17) is 4.74 Å². The molecule has 1 aliphatic heterocycles. The highest BCUT2D eigenvalue weighted by Crippen LogP contribution is 2.33. The average Bonchev–Trinajstić information content (AvgIpc) is 3.25. The highest BCUT2D eigenvalue weighted by molar-refractivity contribution is 7.89. The number of aliphatic hydroxyl groups excluding tert-OH is 1. The van der Waals surface area contributed by atoms with Gasteiger partial charge in [-0.3, -0.25) is 4.79 Å². The lowest BCUT2D eigenvalue weighted by Gasteiger charge is -2.34. The lowest BCUT2D eigenvalue weighted by Crippen LogP contribution is -2.41. The summed E-state index contributed by atoms with van der Waals surface area (Å²) in [5.74, 6) is 0.914. The minimum Gasteiger partial charge on any atom is -0.493 e. The molecular formula is C25H34N6O7S. The predicted octanol–water partition coefficient (Wildman–Crippen LogP) is 2.45. The number of aryl methyl sites for hydroxylation is 2. The largest absolute Gasteiger partial charge is 0.493 e. The Morgan fingerprint density at radius 2 is 2.00 bits per heavy atom. The number of nitrogens with one attached hydrogen (secondary N) is 1. The van der Waals surface area contributed by atoms with Crippen molar-refractivity contribution in [2.24, 2.45) is 17.2 Å². The zero-order chi connectivity index (χ0) is 28.2. The third kappa shape index (κ3) is 5.82. The molecule has 3 aromatic rings. The van der Waals surface area contributed by atoms with Crippen LogP contribution in [0.15, 0.2) is 33.2 Å². The second-order valence-electron chi connectivity index (χ2n) is 9.57. The number of aromatic amines is 1. The maximum atomic E-state index is 13.6. The number of aliphatic hydroxyl groups is 1. The van der Waals surface area contributed by atoms with E-state index in [1.807, 2.05) is 13.8 Å². The maximum Gasteiger partial charge on any atom is 0.277 e. The molecule has 4 rings (SSSR count). The molecule has 0 bridgehead atoms. The fourth-order valence-electron chi connectivity index (χ4n) is 5.08. The number of H-pyrrole nitrogens is 1. The molecule has 39 heavy (non-hydrogen) atoms. The first-order valence-electron chi connectivity index (χ1n) is 13.1. The maximum absolute atomic E-state index is 13.6. The molecule has 2 N–H and O–H groups in total. The van der Waals surface area contributed by atoms with Crippen LogP contribution >= 0.6 is 0 Å². The summed E-state index contributed by atoms with van der Waals surface area (Å²) in [6.45, 7) is 6.21. The van der Waals surface area contributed by atoms with Gasteiger partial charge in [0.25, 0.3) is 5.56 Å². The molecule has 0 radical (unpaired) electrons. The lowest BCUT2D eigenvalue weighted by molar-refractivity contribution is 0.0345. The van der Waals surface area contributed by atoms with Gasteiger partial charge in [-0.1, -0.05) is 6.92 Å². The second kappa shape index (κ2) is 12.2. The van der Waals surface area contributed by atoms with Crippen molar-refractivity contribution in [3.05, 3.63) is 45.0 Å². The van der Waals surface area contributed by atoms with E-state index >= 15 is 0 Å². The van der Waals surface area contributed by atoms with E-state index in [2.05, 4.69) is 25.2 Å². The van der Waals surface area contributed by atoms with Gasteiger partial charge in [0.2, 0.25) is 10.0 Å². The molecule has 1 aromatic carbocycles. The van der Waals surface area contributed by atoms with Gasteiger partial charge in [-0.05, 0) is 57.2 Å². The van der Waals surface area contributed by atoms with Crippen molar-refractivity contribution in [3.63, 3.8) is 0 Å². The first-order valence-corrected chi connectivity index (χ1v) is 14.5. The quantitative estimate of drug-likeness (QED) is 0.249. The summed E-state index contributed by atoms with van der Waals surface area (Å²) in [6, 6.07) is 4.52. The number of piperidine rings is 1. The van der Waals surface area contributed by atoms with Crippen LogP contribution in [-0.2, 0) is 21.3 Å². The van der Waals surface area contributed by atoms with Gasteiger partial charge in [0.1, 0.15) is 18.2 Å². The number of hydrogen-bond donors (Lipinski definition) is 2. The molecule has 212 valence electrons. The normalized spacial score (nSPS) is 15.9. The number of ether oxygens (including phenoxy) is 1. The van der Waals surface area contributed by atoms with Crippen LogP contribution in [0.3, 0.4) is 0 Å². The van der Waals surface area contributed by atoms with Crippen molar-refractivity contribution in [2.75, 3.05) is 32.9 Å². The summed E-state index contributed by atoms with van der Waals surface area (Å²) in [5, 5.41) is 16.7. The number of nitrogens with zero attached hydrogens (tertiary/aromatic N) is 5. The van der Waals surface area contributed by atoms with Crippen LogP contribution in [0.1, 0.15) is 44.6 Å². The smallest absolute Gasteiger partial charge is 0.277 e. The summed E-state index contributed by atoms with van der Waals surface area (Å²) in [7, 11) is -3.89. The fourth-order valence-corrected chi connectivity index (χ4v) is 6.58. The van der Waals surface area contributed by atoms with E-state index in [0.717, 1.165) is 6.42 Å². The molecule has 1 aliphatic rings. The standard InChI is InChI=1S/C25H34N6O7S/c1-4-6-22-26-16(3)23-25(33)27-24(28-31(22)23)20-13-19(7-8-21(20)37-5-2)39(35,36)30-11-9-17(10-12-30)18(14-32)15-38-29-34/h7-8,13,17-18,32H,4-6,9-12,14-15H2,1-3H3,(H,27,28,33). The number of sulfonamides is 1. The predicted molar refractivity (Wildman–Crippen MR) is 143 cm³/mol. The number of aromatic nitrogens is 4. The third-order valence-corrected chi connectivity index (χ3v) is 9.00. The van der Waals surface area contributed by atoms with Gasteiger partial charge in [0.05, 0.1) is 22.8 Å². The van der Waals surface area contributed by atoms with Crippen LogP contribution < -0.4 is 10.3 Å². The Bertz CT molecular complexity index is 1480. The number of imidazole rings is 1. The molecule has 0 amide bonds. The highest BCUT2D eigenvalue weighted by Gasteiger charge is 2.33. The number of hydrogen-bond acceptors (Lipinski definition) is 10. The second-order valence-corrected chi connectivity index (χ2v) is 11.5. The van der Waals surface area contributed by atoms with Crippen LogP contribution in [-0.4, -0.2) is 70.3 Å². The highest BCUT2D eigenvalue weighted by atomic mass is 32.2. The van der Waals surface area contributed by atoms with Gasteiger partial charge in [-0.2, -0.15) is 4.31 Å². The fraction of sp³-hybridized carbons (Fsp3) is 0.560. The van der Waals surface area contributed by atoms with Gasteiger partial charge in [-0.25, -0.2) is 17.9 Å². The molecule has 0 saturated carbocycles. The van der Waals surface area contributed by atoms with Crippen molar-refractivity contribution in [3.8, 4) is 17.1 Å². The Balaban J connectivity index is 1.68. The van der Waals surface area contributed by atoms with Gasteiger partial charge in [0, 0.05) is 32.0 Å². The van der Waals surface area contributed by atoms with Crippen LogP contribution in [0.5, 0.6) is 5.75 Å². The Hall–Kier alpha value is -3.36. The molecule has 14 heteroatoms. The van der Waals surface area contributed by atoms with E-state index in [1.54, 1.807) is 13.0 Å². The van der Waals surface area contributed by atoms with E-state index in [9.17, 15) is 23.2 Å². The van der Waals surface area contributed by atoms with E-state index in [1.165, 1.54) is 21.0 Å². The topological polar surface area (TPSA) is 169 Å². The van der Waals surface area contributed by atoms with Gasteiger partial charge >= 0.3 is 0 Å². The number of benzene rings is 1. The Labute approximate surface area is 226 Å². The lowest BCUT2D eigenvalue weighted by atomic mass is 9.86. The summed E-state index contributed by atoms with van der Waals surface area (Å²) >= 11 is 0. The van der Waals surface area contributed by atoms with Gasteiger partial charge < -0.3 is 19.7 Å². The molecule has 2 aromatic heterocycles. The molecule has 1 unspecified atom stereocenters. The van der Waals surface area contributed by atoms with E-state index < -0.39 is 10.0 Å². The van der Waals surface area contributed by atoms with Gasteiger partial charge in [0.15, 0.2) is 16.7 Å². The molecule has 1 saturated heterocycles. The first kappa shape index (κ1) is 28.6. The van der Waals surface area contributed by atoms with Crippen molar-refractivity contribution < 1.29 is 23.1 Å². The molecule has 3 heterocycles. The Morgan fingerprint density at radius 3 is 2.64 bits per heavy atom. The Morgan fingerprint density at radius 1 is 1.26 bits per heavy atom. The van der Waals surface area contributed by atoms with Crippen LogP contribution in [0, 0.1) is 23.7 Å². The minimum atomic E-state index is -3.89. The zero-order valence-electron chi connectivity index (χ0n) is 22.3. The van der Waals surface area contributed by atoms with Crippen LogP contribution in [0.4, 0.5) is 0 Å². The molecule has 13 nitrogen and oxygen atoms in total.